The van der Waals surface area contributed by atoms with Crippen LogP contribution in [0.5, 0.6) is 0 Å². The van der Waals surface area contributed by atoms with E-state index in [0.717, 1.165) is 38.2 Å². The monoisotopic (exact) mass is 246 g/mol. The Labute approximate surface area is 109 Å². The number of rotatable bonds is 5. The number of Topliss-reactive ketones (excluding diaryl/α,β-unsaturated/α-hetero) is 1. The Morgan fingerprint density at radius 3 is 2.39 bits per heavy atom. The van der Waals surface area contributed by atoms with E-state index in [2.05, 4.69) is 41.4 Å². The molecule has 0 saturated carbocycles. The van der Waals surface area contributed by atoms with Crippen LogP contribution in [0, 0.1) is 0 Å². The summed E-state index contributed by atoms with van der Waals surface area (Å²) in [5, 5.41) is 3.30. The Balaban J connectivity index is 1.82. The molecule has 0 aliphatic carbocycles. The van der Waals surface area contributed by atoms with Crippen molar-refractivity contribution >= 4 is 5.78 Å². The first-order valence-corrected chi connectivity index (χ1v) is 6.80. The lowest BCUT2D eigenvalue weighted by Gasteiger charge is -2.26. The Hall–Kier alpha value is -1.19. The number of hydrogen-bond acceptors (Lipinski definition) is 3. The largest absolute Gasteiger partial charge is 0.314 e. The number of aryl methyl sites for hydroxylation is 1. The van der Waals surface area contributed by atoms with Gasteiger partial charge in [-0.3, -0.25) is 9.69 Å². The minimum absolute atomic E-state index is 0.321. The van der Waals surface area contributed by atoms with Gasteiger partial charge < -0.3 is 5.32 Å². The van der Waals surface area contributed by atoms with E-state index in [1.807, 2.05) is 0 Å². The van der Waals surface area contributed by atoms with Crippen LogP contribution >= 0.6 is 0 Å². The maximum atomic E-state index is 12.0. The van der Waals surface area contributed by atoms with Crippen LogP contribution in [-0.4, -0.2) is 43.4 Å². The molecule has 1 fully saturated rings. The molecular weight excluding hydrogens is 224 g/mol. The lowest BCUT2D eigenvalue weighted by molar-refractivity contribution is -0.119. The number of ketones is 1. The maximum Gasteiger partial charge on any atom is 0.151 e. The number of benzene rings is 1. The molecule has 1 aliphatic heterocycles. The van der Waals surface area contributed by atoms with Gasteiger partial charge in [-0.05, 0) is 17.5 Å². The number of carbonyl (C=O) groups is 1. The summed E-state index contributed by atoms with van der Waals surface area (Å²) in [6, 6.07) is 8.39. The van der Waals surface area contributed by atoms with Crippen LogP contribution < -0.4 is 5.32 Å². The molecule has 1 aliphatic rings. The van der Waals surface area contributed by atoms with Gasteiger partial charge in [0.15, 0.2) is 5.78 Å². The fourth-order valence-electron chi connectivity index (χ4n) is 2.30. The van der Waals surface area contributed by atoms with Crippen LogP contribution in [0.3, 0.4) is 0 Å². The Morgan fingerprint density at radius 1 is 1.17 bits per heavy atom. The van der Waals surface area contributed by atoms with Gasteiger partial charge in [-0.25, -0.2) is 0 Å². The Kier molecular flexibility index (Phi) is 4.90. The molecule has 0 spiro atoms. The predicted molar refractivity (Wildman–Crippen MR) is 73.8 cm³/mol. The van der Waals surface area contributed by atoms with Gasteiger partial charge in [-0.1, -0.05) is 31.2 Å². The summed E-state index contributed by atoms with van der Waals surface area (Å²) in [6.07, 6.45) is 1.61. The first kappa shape index (κ1) is 13.2. The van der Waals surface area contributed by atoms with Crippen LogP contribution in [0.2, 0.25) is 0 Å². The summed E-state index contributed by atoms with van der Waals surface area (Å²) < 4.78 is 0. The van der Waals surface area contributed by atoms with Crippen molar-refractivity contribution in [2.45, 2.75) is 19.8 Å². The number of nitrogens with one attached hydrogen (secondary N) is 1. The molecule has 18 heavy (non-hydrogen) atoms. The van der Waals surface area contributed by atoms with Crippen molar-refractivity contribution in [1.82, 2.24) is 10.2 Å². The molecule has 1 aromatic rings. The molecule has 1 N–H and O–H groups in total. The van der Waals surface area contributed by atoms with Crippen molar-refractivity contribution in [3.63, 3.8) is 0 Å². The van der Waals surface area contributed by atoms with Gasteiger partial charge in [0, 0.05) is 32.6 Å². The van der Waals surface area contributed by atoms with E-state index in [-0.39, 0.29) is 0 Å². The van der Waals surface area contributed by atoms with Crippen molar-refractivity contribution < 1.29 is 4.79 Å². The first-order chi connectivity index (χ1) is 8.78. The Morgan fingerprint density at radius 2 is 1.78 bits per heavy atom. The van der Waals surface area contributed by atoms with Gasteiger partial charge in [-0.15, -0.1) is 0 Å². The molecule has 0 radical (unpaired) electrons. The van der Waals surface area contributed by atoms with Crippen molar-refractivity contribution in [3.05, 3.63) is 35.4 Å². The first-order valence-electron chi connectivity index (χ1n) is 6.80. The summed E-state index contributed by atoms with van der Waals surface area (Å²) in [5.74, 6) is 0.321. The van der Waals surface area contributed by atoms with Gasteiger partial charge in [0.2, 0.25) is 0 Å². The number of hydrogen-bond donors (Lipinski definition) is 1. The highest BCUT2D eigenvalue weighted by Crippen LogP contribution is 2.06. The molecule has 2 rings (SSSR count). The highest BCUT2D eigenvalue weighted by molar-refractivity contribution is 5.82. The number of carbonyl (C=O) groups excluding carboxylic acids is 1. The lowest BCUT2D eigenvalue weighted by atomic mass is 10.1. The summed E-state index contributed by atoms with van der Waals surface area (Å²) >= 11 is 0. The minimum atomic E-state index is 0.321. The van der Waals surface area contributed by atoms with Crippen LogP contribution in [-0.2, 0) is 17.6 Å². The van der Waals surface area contributed by atoms with Gasteiger partial charge in [0.05, 0.1) is 6.54 Å². The minimum Gasteiger partial charge on any atom is -0.314 e. The highest BCUT2D eigenvalue weighted by Gasteiger charge is 2.13. The fourth-order valence-corrected chi connectivity index (χ4v) is 2.30. The van der Waals surface area contributed by atoms with E-state index < -0.39 is 0 Å². The standard InChI is InChI=1S/C15H22N2O/c1-2-13-3-5-14(6-4-13)11-15(18)12-17-9-7-16-8-10-17/h3-6,16H,2,7-12H2,1H3. The topological polar surface area (TPSA) is 32.3 Å². The molecule has 1 saturated heterocycles. The van der Waals surface area contributed by atoms with E-state index in [4.69, 9.17) is 0 Å². The molecule has 3 nitrogen and oxygen atoms in total. The third-order valence-corrected chi connectivity index (χ3v) is 3.44. The van der Waals surface area contributed by atoms with Crippen LogP contribution in [0.1, 0.15) is 18.1 Å². The van der Waals surface area contributed by atoms with E-state index in [1.54, 1.807) is 0 Å². The molecule has 1 heterocycles. The second-order valence-corrected chi connectivity index (χ2v) is 4.91. The summed E-state index contributed by atoms with van der Waals surface area (Å²) in [6.45, 7) is 6.71. The number of piperazine rings is 1. The van der Waals surface area contributed by atoms with E-state index in [0.29, 0.717) is 18.7 Å². The molecule has 3 heteroatoms. The van der Waals surface area contributed by atoms with Gasteiger partial charge >= 0.3 is 0 Å². The summed E-state index contributed by atoms with van der Waals surface area (Å²) in [4.78, 5) is 14.2. The molecule has 0 unspecified atom stereocenters. The highest BCUT2D eigenvalue weighted by atomic mass is 16.1. The molecule has 98 valence electrons. The van der Waals surface area contributed by atoms with Crippen molar-refractivity contribution in [2.24, 2.45) is 0 Å². The molecule has 1 aromatic carbocycles. The SMILES string of the molecule is CCc1ccc(CC(=O)CN2CCNCC2)cc1. The van der Waals surface area contributed by atoms with Gasteiger partial charge in [-0.2, -0.15) is 0 Å². The lowest BCUT2D eigenvalue weighted by Crippen LogP contribution is -2.45. The third kappa shape index (κ3) is 3.93. The summed E-state index contributed by atoms with van der Waals surface area (Å²) in [7, 11) is 0. The van der Waals surface area contributed by atoms with Crippen molar-refractivity contribution in [2.75, 3.05) is 32.7 Å². The normalized spacial score (nSPS) is 16.7. The molecule has 0 amide bonds. The second-order valence-electron chi connectivity index (χ2n) is 4.91. The summed E-state index contributed by atoms with van der Waals surface area (Å²) in [5.41, 5.74) is 2.46. The van der Waals surface area contributed by atoms with E-state index in [9.17, 15) is 4.79 Å². The molecule has 0 bridgehead atoms. The average Bonchev–Trinajstić information content (AvgIpc) is 2.40. The Bertz CT molecular complexity index is 380. The van der Waals surface area contributed by atoms with Crippen molar-refractivity contribution in [3.8, 4) is 0 Å². The van der Waals surface area contributed by atoms with Crippen LogP contribution in [0.25, 0.3) is 0 Å². The second kappa shape index (κ2) is 6.66. The van der Waals surface area contributed by atoms with Crippen LogP contribution in [0.15, 0.2) is 24.3 Å². The smallest absolute Gasteiger partial charge is 0.151 e. The fraction of sp³-hybridized carbons (Fsp3) is 0.533. The zero-order valence-electron chi connectivity index (χ0n) is 11.1. The van der Waals surface area contributed by atoms with Crippen molar-refractivity contribution in [1.29, 1.82) is 0 Å². The zero-order chi connectivity index (χ0) is 12.8. The van der Waals surface area contributed by atoms with E-state index in [1.165, 1.54) is 5.56 Å². The van der Waals surface area contributed by atoms with Crippen LogP contribution in [0.4, 0.5) is 0 Å². The third-order valence-electron chi connectivity index (χ3n) is 3.44. The number of nitrogens with zero attached hydrogens (tertiary/aromatic N) is 1. The molecular formula is C15H22N2O. The van der Waals surface area contributed by atoms with Gasteiger partial charge in [0.25, 0.3) is 0 Å². The van der Waals surface area contributed by atoms with E-state index >= 15 is 0 Å². The zero-order valence-corrected chi connectivity index (χ0v) is 11.1. The average molecular weight is 246 g/mol. The predicted octanol–water partition coefficient (Wildman–Crippen LogP) is 1.27. The maximum absolute atomic E-state index is 12.0. The molecule has 0 atom stereocenters. The quantitative estimate of drug-likeness (QED) is 0.849. The van der Waals surface area contributed by atoms with Gasteiger partial charge in [0.1, 0.15) is 0 Å². The molecule has 0 aromatic heterocycles.